The predicted molar refractivity (Wildman–Crippen MR) is 129 cm³/mol. The molecule has 1 fully saturated rings. The van der Waals surface area contributed by atoms with E-state index in [9.17, 15) is 17.6 Å². The van der Waals surface area contributed by atoms with Crippen molar-refractivity contribution >= 4 is 16.6 Å². The third kappa shape index (κ3) is 5.16. The Kier molecular flexibility index (Phi) is 6.72. The van der Waals surface area contributed by atoms with Gasteiger partial charge in [0.2, 0.25) is 0 Å². The quantitative estimate of drug-likeness (QED) is 0.442. The number of benzene rings is 1. The van der Waals surface area contributed by atoms with E-state index in [2.05, 4.69) is 20.2 Å². The van der Waals surface area contributed by atoms with Crippen LogP contribution in [0.1, 0.15) is 42.8 Å². The number of alkyl halides is 4. The van der Waals surface area contributed by atoms with E-state index >= 15 is 0 Å². The van der Waals surface area contributed by atoms with Crippen LogP contribution in [0, 0.1) is 0 Å². The van der Waals surface area contributed by atoms with Crippen LogP contribution in [0.5, 0.6) is 0 Å². The molecule has 2 aromatic heterocycles. The maximum atomic E-state index is 13.6. The van der Waals surface area contributed by atoms with Crippen molar-refractivity contribution in [3.05, 3.63) is 59.5 Å². The van der Waals surface area contributed by atoms with Gasteiger partial charge in [-0.05, 0) is 49.9 Å². The Bertz CT molecular complexity index is 1140. The lowest BCUT2D eigenvalue weighted by molar-refractivity contribution is -0.155. The normalized spacial score (nSPS) is 23.6. The summed E-state index contributed by atoms with van der Waals surface area (Å²) in [7, 11) is 0. The molecule has 3 aromatic rings. The number of H-pyrrole nitrogens is 1. The lowest BCUT2D eigenvalue weighted by atomic mass is 9.90. The Morgan fingerprint density at radius 1 is 1.17 bits per heavy atom. The lowest BCUT2D eigenvalue weighted by Crippen LogP contribution is -2.47. The zero-order valence-corrected chi connectivity index (χ0v) is 19.8. The van der Waals surface area contributed by atoms with E-state index in [1.54, 1.807) is 6.20 Å². The van der Waals surface area contributed by atoms with Crippen molar-refractivity contribution < 1.29 is 17.6 Å². The second-order valence-electron chi connectivity index (χ2n) is 9.75. The second-order valence-corrected chi connectivity index (χ2v) is 9.75. The number of anilines is 1. The van der Waals surface area contributed by atoms with Crippen LogP contribution in [0.15, 0.2) is 42.6 Å². The molecule has 3 unspecified atom stereocenters. The minimum Gasteiger partial charge on any atom is -0.380 e. The molecule has 0 spiro atoms. The van der Waals surface area contributed by atoms with Crippen LogP contribution in [0.2, 0.25) is 0 Å². The van der Waals surface area contributed by atoms with Crippen LogP contribution in [0.4, 0.5) is 23.2 Å². The van der Waals surface area contributed by atoms with Gasteiger partial charge in [-0.2, -0.15) is 13.2 Å². The molecule has 2 aliphatic heterocycles. The van der Waals surface area contributed by atoms with Gasteiger partial charge in [0.15, 0.2) is 0 Å². The molecule has 0 radical (unpaired) electrons. The molecule has 0 saturated carbocycles. The number of hydrogen-bond donors (Lipinski definition) is 2. The monoisotopic (exact) mass is 489 g/mol. The fraction of sp³-hybridized carbons (Fsp3) is 0.500. The summed E-state index contributed by atoms with van der Waals surface area (Å²) in [5.74, 6) is 0. The van der Waals surface area contributed by atoms with Gasteiger partial charge in [0.05, 0.1) is 36.8 Å². The molecule has 0 amide bonds. The van der Waals surface area contributed by atoms with Crippen LogP contribution in [0.25, 0.3) is 10.9 Å². The van der Waals surface area contributed by atoms with Gasteiger partial charge in [0.1, 0.15) is 0 Å². The summed E-state index contributed by atoms with van der Waals surface area (Å²) in [5, 5.41) is 4.54. The van der Waals surface area contributed by atoms with Crippen molar-refractivity contribution in [3.63, 3.8) is 0 Å². The Hall–Kier alpha value is -2.65. The zero-order chi connectivity index (χ0) is 24.6. The molecule has 0 bridgehead atoms. The van der Waals surface area contributed by atoms with Crippen LogP contribution in [0.3, 0.4) is 0 Å². The number of halogens is 4. The highest BCUT2D eigenvalue weighted by Crippen LogP contribution is 2.41. The van der Waals surface area contributed by atoms with E-state index in [0.717, 1.165) is 53.9 Å². The minimum absolute atomic E-state index is 0.249. The van der Waals surface area contributed by atoms with E-state index in [4.69, 9.17) is 0 Å². The van der Waals surface area contributed by atoms with Crippen LogP contribution >= 0.6 is 0 Å². The molecule has 1 saturated heterocycles. The van der Waals surface area contributed by atoms with Gasteiger partial charge in [0.25, 0.3) is 0 Å². The molecule has 1 aromatic carbocycles. The van der Waals surface area contributed by atoms with Gasteiger partial charge in [-0.15, -0.1) is 0 Å². The van der Waals surface area contributed by atoms with Gasteiger partial charge >= 0.3 is 6.18 Å². The largest absolute Gasteiger partial charge is 0.401 e. The number of nitrogens with zero attached hydrogens (tertiary/aromatic N) is 3. The van der Waals surface area contributed by atoms with Crippen LogP contribution in [-0.4, -0.2) is 70.9 Å². The first-order valence-electron chi connectivity index (χ1n) is 12.2. The molecule has 0 aliphatic carbocycles. The van der Waals surface area contributed by atoms with Gasteiger partial charge in [0, 0.05) is 48.3 Å². The van der Waals surface area contributed by atoms with E-state index in [1.165, 1.54) is 4.90 Å². The van der Waals surface area contributed by atoms with E-state index in [1.807, 2.05) is 43.3 Å². The van der Waals surface area contributed by atoms with Gasteiger partial charge in [-0.1, -0.05) is 18.2 Å². The zero-order valence-electron chi connectivity index (χ0n) is 19.8. The maximum absolute atomic E-state index is 13.6. The smallest absolute Gasteiger partial charge is 0.380 e. The molecule has 2 N–H and O–H groups in total. The maximum Gasteiger partial charge on any atom is 0.401 e. The van der Waals surface area contributed by atoms with Crippen molar-refractivity contribution in [3.8, 4) is 0 Å². The molecule has 3 atom stereocenters. The highest BCUT2D eigenvalue weighted by molar-refractivity contribution is 5.85. The molecule has 4 heterocycles. The molecule has 35 heavy (non-hydrogen) atoms. The highest BCUT2D eigenvalue weighted by atomic mass is 19.4. The predicted octanol–water partition coefficient (Wildman–Crippen LogP) is 5.31. The van der Waals surface area contributed by atoms with Crippen molar-refractivity contribution in [2.45, 2.75) is 50.5 Å². The Labute approximate surface area is 202 Å². The first kappa shape index (κ1) is 24.1. The summed E-state index contributed by atoms with van der Waals surface area (Å²) in [6.07, 6.45) is -0.536. The molecule has 5 nitrogen and oxygen atoms in total. The summed E-state index contributed by atoms with van der Waals surface area (Å²) in [5.41, 5.74) is 4.23. The number of fused-ring (bicyclic) bond motifs is 3. The number of rotatable bonds is 7. The molecule has 188 valence electrons. The van der Waals surface area contributed by atoms with Crippen molar-refractivity contribution in [1.82, 2.24) is 19.8 Å². The van der Waals surface area contributed by atoms with Crippen molar-refractivity contribution in [1.29, 1.82) is 0 Å². The SMILES string of the molecule is CC1Cc2c([nH]c3ccccc23)C(c2ccc(NC3CCN(CCCF)C3)cn2)N1CC(F)(F)F. The van der Waals surface area contributed by atoms with E-state index in [-0.39, 0.29) is 18.8 Å². The van der Waals surface area contributed by atoms with E-state index < -0.39 is 18.8 Å². The third-order valence-electron chi connectivity index (χ3n) is 7.20. The molecule has 9 heteroatoms. The van der Waals surface area contributed by atoms with Gasteiger partial charge in [-0.25, -0.2) is 0 Å². The fourth-order valence-electron chi connectivity index (χ4n) is 5.60. The van der Waals surface area contributed by atoms with Crippen LogP contribution < -0.4 is 5.32 Å². The fourth-order valence-corrected chi connectivity index (χ4v) is 5.60. The Morgan fingerprint density at radius 2 is 2.00 bits per heavy atom. The number of nitrogens with one attached hydrogen (secondary N) is 2. The first-order chi connectivity index (χ1) is 16.8. The van der Waals surface area contributed by atoms with E-state index in [0.29, 0.717) is 18.5 Å². The summed E-state index contributed by atoms with van der Waals surface area (Å²) in [6, 6.07) is 10.9. The molecular formula is C26H31F4N5. The second kappa shape index (κ2) is 9.78. The average molecular weight is 490 g/mol. The first-order valence-corrected chi connectivity index (χ1v) is 12.2. The number of likely N-dealkylation sites (tertiary alicyclic amines) is 1. The summed E-state index contributed by atoms with van der Waals surface area (Å²) >= 11 is 0. The lowest BCUT2D eigenvalue weighted by Gasteiger charge is -2.40. The number of para-hydroxylation sites is 1. The number of aromatic nitrogens is 2. The molecule has 5 rings (SSSR count). The summed E-state index contributed by atoms with van der Waals surface area (Å²) < 4.78 is 53.2. The topological polar surface area (TPSA) is 47.2 Å². The number of pyridine rings is 1. The molecule has 2 aliphatic rings. The summed E-state index contributed by atoms with van der Waals surface area (Å²) in [6.45, 7) is 3.09. The Balaban J connectivity index is 1.41. The minimum atomic E-state index is -4.31. The third-order valence-corrected chi connectivity index (χ3v) is 7.20. The summed E-state index contributed by atoms with van der Waals surface area (Å²) in [4.78, 5) is 11.8. The van der Waals surface area contributed by atoms with Crippen LogP contribution in [-0.2, 0) is 6.42 Å². The van der Waals surface area contributed by atoms with Crippen molar-refractivity contribution in [2.75, 3.05) is 38.2 Å². The van der Waals surface area contributed by atoms with Crippen molar-refractivity contribution in [2.24, 2.45) is 0 Å². The Morgan fingerprint density at radius 3 is 2.74 bits per heavy atom. The van der Waals surface area contributed by atoms with Gasteiger partial charge < -0.3 is 15.2 Å². The number of hydrogen-bond acceptors (Lipinski definition) is 4. The molecular weight excluding hydrogens is 458 g/mol. The number of aromatic amines is 1. The highest BCUT2D eigenvalue weighted by Gasteiger charge is 2.42. The van der Waals surface area contributed by atoms with Gasteiger partial charge in [-0.3, -0.25) is 14.3 Å². The standard InChI is InChI=1S/C26H31F4N5/c1-17-13-21-20-5-2-3-6-22(20)33-24(21)25(35(17)16-26(28,29)30)23-8-7-18(14-31-23)32-19-9-12-34(15-19)11-4-10-27/h2-3,5-8,14,17,19,25,32-33H,4,9-13,15-16H2,1H3. The average Bonchev–Trinajstić information content (AvgIpc) is 3.42.